The van der Waals surface area contributed by atoms with Gasteiger partial charge in [0.05, 0.1) is 23.8 Å². The number of carbonyl (C=O) groups is 2. The topological polar surface area (TPSA) is 106 Å². The summed E-state index contributed by atoms with van der Waals surface area (Å²) in [4.78, 5) is 27.2. The van der Waals surface area contributed by atoms with E-state index in [0.717, 1.165) is 17.3 Å². The Labute approximate surface area is 183 Å². The zero-order valence-electron chi connectivity index (χ0n) is 16.6. The first-order valence-corrected chi connectivity index (χ1v) is 11.0. The highest BCUT2D eigenvalue weighted by molar-refractivity contribution is 9.10. The minimum Gasteiger partial charge on any atom is -0.398 e. The minimum atomic E-state index is -0.302. The number of aromatic nitrogens is 3. The third-order valence-corrected chi connectivity index (χ3v) is 6.15. The molecule has 1 fully saturated rings. The maximum atomic E-state index is 12.9. The van der Waals surface area contributed by atoms with E-state index in [1.807, 2.05) is 16.8 Å². The molecule has 2 aromatic rings. The second-order valence-corrected chi connectivity index (χ2v) is 8.74. The Balaban J connectivity index is 1.39. The number of carbonyl (C=O) groups excluding carboxylic acids is 2. The summed E-state index contributed by atoms with van der Waals surface area (Å²) in [6.45, 7) is 0.832. The number of nitrogens with zero attached hydrogens (tertiary/aromatic N) is 4. The van der Waals surface area contributed by atoms with E-state index >= 15 is 0 Å². The monoisotopic (exact) mass is 472 g/mol. The predicted octanol–water partition coefficient (Wildman–Crippen LogP) is 2.94. The Bertz CT molecular complexity index is 966. The van der Waals surface area contributed by atoms with Crippen molar-refractivity contribution in [3.05, 3.63) is 52.3 Å². The molecule has 1 aromatic heterocycles. The summed E-state index contributed by atoms with van der Waals surface area (Å²) in [5.41, 5.74) is 7.15. The fraction of sp³-hybridized carbons (Fsp3) is 0.429. The van der Waals surface area contributed by atoms with E-state index in [1.54, 1.807) is 29.3 Å². The summed E-state index contributed by atoms with van der Waals surface area (Å²) < 4.78 is 2.61. The van der Waals surface area contributed by atoms with Gasteiger partial charge in [-0.2, -0.15) is 0 Å². The summed E-state index contributed by atoms with van der Waals surface area (Å²) in [5.74, 6) is -0.455. The average molecular weight is 473 g/mol. The summed E-state index contributed by atoms with van der Waals surface area (Å²) in [5, 5.41) is 11.2. The molecule has 4 rings (SSSR count). The van der Waals surface area contributed by atoms with Gasteiger partial charge in [0, 0.05) is 23.2 Å². The Morgan fingerprint density at radius 3 is 2.80 bits per heavy atom. The molecule has 30 heavy (non-hydrogen) atoms. The number of nitrogen functional groups attached to an aromatic ring is 1. The Kier molecular flexibility index (Phi) is 6.17. The van der Waals surface area contributed by atoms with Crippen molar-refractivity contribution in [1.82, 2.24) is 25.2 Å². The number of anilines is 1. The van der Waals surface area contributed by atoms with Crippen LogP contribution in [-0.2, 0) is 0 Å². The Hall–Kier alpha value is -2.68. The molecule has 0 radical (unpaired) electrons. The van der Waals surface area contributed by atoms with Gasteiger partial charge in [-0.25, -0.2) is 4.68 Å². The van der Waals surface area contributed by atoms with Crippen LogP contribution in [0.3, 0.4) is 0 Å². The van der Waals surface area contributed by atoms with Gasteiger partial charge in [0.1, 0.15) is 0 Å². The van der Waals surface area contributed by atoms with Gasteiger partial charge in [-0.1, -0.05) is 52.6 Å². The van der Waals surface area contributed by atoms with Gasteiger partial charge in [0.15, 0.2) is 5.69 Å². The number of rotatable bonds is 4. The Morgan fingerprint density at radius 1 is 1.20 bits per heavy atom. The third-order valence-electron chi connectivity index (χ3n) is 5.65. The fourth-order valence-electron chi connectivity index (χ4n) is 4.02. The van der Waals surface area contributed by atoms with Crippen LogP contribution in [0.25, 0.3) is 0 Å². The van der Waals surface area contributed by atoms with Crippen LogP contribution in [0.5, 0.6) is 0 Å². The lowest BCUT2D eigenvalue weighted by Crippen LogP contribution is -2.47. The van der Waals surface area contributed by atoms with E-state index in [4.69, 9.17) is 5.73 Å². The Morgan fingerprint density at radius 2 is 2.00 bits per heavy atom. The van der Waals surface area contributed by atoms with E-state index < -0.39 is 0 Å². The highest BCUT2D eigenvalue weighted by Gasteiger charge is 2.25. The molecule has 0 spiro atoms. The number of nitrogens with one attached hydrogen (secondary N) is 1. The molecule has 2 aliphatic rings. The van der Waals surface area contributed by atoms with E-state index in [9.17, 15) is 9.59 Å². The predicted molar refractivity (Wildman–Crippen MR) is 117 cm³/mol. The van der Waals surface area contributed by atoms with Crippen molar-refractivity contribution in [3.63, 3.8) is 0 Å². The van der Waals surface area contributed by atoms with Gasteiger partial charge >= 0.3 is 0 Å². The van der Waals surface area contributed by atoms with Crippen molar-refractivity contribution in [1.29, 1.82) is 0 Å². The van der Waals surface area contributed by atoms with Crippen molar-refractivity contribution in [2.45, 2.75) is 44.2 Å². The number of nitrogens with two attached hydrogens (primary N) is 1. The van der Waals surface area contributed by atoms with Crippen LogP contribution in [0, 0.1) is 0 Å². The maximum absolute atomic E-state index is 12.9. The first-order chi connectivity index (χ1) is 14.5. The highest BCUT2D eigenvalue weighted by Crippen LogP contribution is 2.27. The molecule has 2 heterocycles. The van der Waals surface area contributed by atoms with Crippen molar-refractivity contribution < 1.29 is 9.59 Å². The van der Waals surface area contributed by atoms with E-state index in [1.165, 1.54) is 19.3 Å². The van der Waals surface area contributed by atoms with Crippen molar-refractivity contribution in [3.8, 4) is 0 Å². The number of halogens is 1. The lowest BCUT2D eigenvalue weighted by Gasteiger charge is -2.29. The van der Waals surface area contributed by atoms with Crippen LogP contribution in [-0.4, -0.2) is 50.8 Å². The second-order valence-electron chi connectivity index (χ2n) is 7.83. The summed E-state index contributed by atoms with van der Waals surface area (Å²) >= 11 is 3.38. The van der Waals surface area contributed by atoms with E-state index in [0.29, 0.717) is 36.1 Å². The summed E-state index contributed by atoms with van der Waals surface area (Å²) in [6.07, 6.45) is 11.3. The molecule has 3 N–H and O–H groups in total. The van der Waals surface area contributed by atoms with Gasteiger partial charge in [-0.3, -0.25) is 9.59 Å². The molecular formula is C21H25BrN6O2. The van der Waals surface area contributed by atoms with Crippen molar-refractivity contribution in [2.75, 3.05) is 18.8 Å². The molecule has 1 saturated carbocycles. The molecule has 2 amide bonds. The molecule has 1 aromatic carbocycles. The molecule has 9 heteroatoms. The van der Waals surface area contributed by atoms with Gasteiger partial charge in [0.25, 0.3) is 11.8 Å². The van der Waals surface area contributed by atoms with E-state index in [-0.39, 0.29) is 17.9 Å². The smallest absolute Gasteiger partial charge is 0.273 e. The van der Waals surface area contributed by atoms with E-state index in [2.05, 4.69) is 31.6 Å². The van der Waals surface area contributed by atoms with Crippen LogP contribution in [0.4, 0.5) is 5.69 Å². The highest BCUT2D eigenvalue weighted by atomic mass is 79.9. The molecular weight excluding hydrogens is 448 g/mol. The number of hydrogen-bond donors (Lipinski definition) is 2. The van der Waals surface area contributed by atoms with Gasteiger partial charge in [0.2, 0.25) is 0 Å². The quantitative estimate of drug-likeness (QED) is 0.525. The van der Waals surface area contributed by atoms with Crippen LogP contribution < -0.4 is 11.1 Å². The number of benzene rings is 1. The molecule has 1 atom stereocenters. The van der Waals surface area contributed by atoms with Crippen LogP contribution >= 0.6 is 15.9 Å². The molecule has 1 aliphatic heterocycles. The lowest BCUT2D eigenvalue weighted by atomic mass is 9.96. The first-order valence-electron chi connectivity index (χ1n) is 10.2. The summed E-state index contributed by atoms with van der Waals surface area (Å²) in [7, 11) is 0. The summed E-state index contributed by atoms with van der Waals surface area (Å²) in [6, 6.07) is 5.24. The van der Waals surface area contributed by atoms with Gasteiger partial charge in [-0.05, 0) is 31.0 Å². The molecule has 1 unspecified atom stereocenters. The largest absolute Gasteiger partial charge is 0.398 e. The van der Waals surface area contributed by atoms with Crippen LogP contribution in [0.1, 0.15) is 59.0 Å². The van der Waals surface area contributed by atoms with Crippen LogP contribution in [0.2, 0.25) is 0 Å². The van der Waals surface area contributed by atoms with Crippen molar-refractivity contribution >= 4 is 33.4 Å². The molecule has 158 valence electrons. The first kappa shape index (κ1) is 20.6. The average Bonchev–Trinajstić information content (AvgIpc) is 3.26. The standard InChI is InChI=1S/C21H25BrN6O2/c22-14-8-9-18(23)17(11-14)21(30)27-10-4-5-15(12-27)24-20(29)19-13-28(26-25-19)16-6-2-1-3-7-16/h4-5,8-9,11,13,15-16H,1-3,6-7,10,12,23H2,(H,24,29). The van der Waals surface area contributed by atoms with Gasteiger partial charge < -0.3 is 16.0 Å². The fourth-order valence-corrected chi connectivity index (χ4v) is 4.38. The second kappa shape index (κ2) is 8.99. The zero-order valence-corrected chi connectivity index (χ0v) is 18.2. The zero-order chi connectivity index (χ0) is 21.1. The van der Waals surface area contributed by atoms with Crippen LogP contribution in [0.15, 0.2) is 41.0 Å². The number of amides is 2. The molecule has 8 nitrogen and oxygen atoms in total. The van der Waals surface area contributed by atoms with Crippen molar-refractivity contribution in [2.24, 2.45) is 0 Å². The van der Waals surface area contributed by atoms with Gasteiger partial charge in [-0.15, -0.1) is 5.10 Å². The molecule has 1 aliphatic carbocycles. The minimum absolute atomic E-state index is 0.166. The maximum Gasteiger partial charge on any atom is 0.273 e. The third kappa shape index (κ3) is 4.56. The lowest BCUT2D eigenvalue weighted by molar-refractivity contribution is 0.0745. The molecule has 0 saturated heterocycles. The molecule has 0 bridgehead atoms. The SMILES string of the molecule is Nc1ccc(Br)cc1C(=O)N1CC=CC(NC(=O)c2cn(C3CCCCC3)nn2)C1. The number of hydrogen-bond acceptors (Lipinski definition) is 5. The normalized spacial score (nSPS) is 19.6.